The Labute approximate surface area is 182 Å². The Kier molecular flexibility index (Phi) is 2.83. The van der Waals surface area contributed by atoms with Gasteiger partial charge >= 0.3 is 0 Å². The molecular formula is C24H15Br2N. The van der Waals surface area contributed by atoms with Gasteiger partial charge in [0.25, 0.3) is 0 Å². The molecule has 5 rings (SSSR count). The van der Waals surface area contributed by atoms with E-state index < -0.39 is 0 Å². The molecule has 1 aromatic heterocycles. The summed E-state index contributed by atoms with van der Waals surface area (Å²) in [6.45, 7) is 0. The first kappa shape index (κ1) is 11.5. The zero-order valence-electron chi connectivity index (χ0n) is 19.9. The van der Waals surface area contributed by atoms with E-state index in [1.807, 2.05) is 54.6 Å². The lowest BCUT2D eigenvalue weighted by molar-refractivity contribution is 1.18. The summed E-state index contributed by atoms with van der Waals surface area (Å²) in [6, 6.07) is 16.6. The third kappa shape index (κ3) is 2.82. The van der Waals surface area contributed by atoms with Gasteiger partial charge < -0.3 is 4.57 Å². The molecule has 4 aromatic carbocycles. The van der Waals surface area contributed by atoms with Crippen LogP contribution >= 0.6 is 31.9 Å². The SMILES string of the molecule is [2H]c1c([2H])c([2H])c2c(c1[2H])c1c(Br)c([2H])c(Br)c([2H])c1n2-c1ccc(-c2ccccc2)cc1. The quantitative estimate of drug-likeness (QED) is 0.240. The van der Waals surface area contributed by atoms with E-state index in [2.05, 4.69) is 31.9 Å². The second-order valence-electron chi connectivity index (χ2n) is 6.07. The Morgan fingerprint density at radius 3 is 2.22 bits per heavy atom. The molecule has 0 amide bonds. The van der Waals surface area contributed by atoms with Gasteiger partial charge in [-0.2, -0.15) is 0 Å². The van der Waals surface area contributed by atoms with E-state index in [9.17, 15) is 0 Å². The van der Waals surface area contributed by atoms with Crippen molar-refractivity contribution in [3.8, 4) is 16.8 Å². The number of halogens is 2. The monoisotopic (exact) mass is 481 g/mol. The fraction of sp³-hybridized carbons (Fsp3) is 0. The summed E-state index contributed by atoms with van der Waals surface area (Å²) in [7, 11) is 0. The third-order valence-electron chi connectivity index (χ3n) is 4.50. The molecule has 3 heteroatoms. The standard InChI is InChI=1S/C24H15Br2N/c25-18-14-21(26)24-20-8-4-5-9-22(20)27(23(24)15-18)19-12-10-17(11-13-19)16-6-2-1-3-7-16/h1-15H/i4D,5D,8D,9D,14D,15D. The van der Waals surface area contributed by atoms with E-state index in [4.69, 9.17) is 8.22 Å². The maximum absolute atomic E-state index is 8.75. The lowest BCUT2D eigenvalue weighted by Gasteiger charge is -2.10. The molecule has 0 saturated heterocycles. The van der Waals surface area contributed by atoms with E-state index in [1.54, 1.807) is 4.57 Å². The second kappa shape index (κ2) is 6.66. The summed E-state index contributed by atoms with van der Waals surface area (Å²) in [5, 5.41) is 0.701. The average Bonchev–Trinajstić information content (AvgIpc) is 3.20. The summed E-state index contributed by atoms with van der Waals surface area (Å²) < 4.78 is 53.1. The van der Waals surface area contributed by atoms with Crippen LogP contribution in [0.25, 0.3) is 38.6 Å². The lowest BCUT2D eigenvalue weighted by atomic mass is 10.1. The van der Waals surface area contributed by atoms with Gasteiger partial charge in [0.2, 0.25) is 0 Å². The van der Waals surface area contributed by atoms with Gasteiger partial charge in [-0.3, -0.25) is 0 Å². The van der Waals surface area contributed by atoms with Gasteiger partial charge in [0.15, 0.2) is 0 Å². The van der Waals surface area contributed by atoms with Crippen molar-refractivity contribution in [2.75, 3.05) is 0 Å². The molecule has 0 N–H and O–H groups in total. The van der Waals surface area contributed by atoms with Crippen molar-refractivity contribution in [2.24, 2.45) is 0 Å². The smallest absolute Gasteiger partial charge is 0.0657 e. The minimum Gasteiger partial charge on any atom is -0.309 e. The first-order valence-electron chi connectivity index (χ1n) is 11.3. The first-order chi connectivity index (χ1) is 15.7. The number of nitrogens with zero attached hydrogens (tertiary/aromatic N) is 1. The van der Waals surface area contributed by atoms with E-state index in [-0.39, 0.29) is 51.6 Å². The molecule has 0 fully saturated rings. The Morgan fingerprint density at radius 2 is 1.44 bits per heavy atom. The van der Waals surface area contributed by atoms with Gasteiger partial charge in [0.1, 0.15) is 0 Å². The number of fused-ring (bicyclic) bond motifs is 3. The molecule has 5 aromatic rings. The maximum Gasteiger partial charge on any atom is 0.0657 e. The van der Waals surface area contributed by atoms with Crippen molar-refractivity contribution in [1.29, 1.82) is 0 Å². The first-order valence-corrected chi connectivity index (χ1v) is 9.87. The summed E-state index contributed by atoms with van der Waals surface area (Å²) in [5.41, 5.74) is 3.39. The number of aromatic nitrogens is 1. The van der Waals surface area contributed by atoms with Crippen LogP contribution in [0.2, 0.25) is 0 Å². The third-order valence-corrected chi connectivity index (χ3v) is 5.49. The summed E-state index contributed by atoms with van der Waals surface area (Å²) >= 11 is 6.79. The number of hydrogen-bond acceptors (Lipinski definition) is 0. The molecule has 0 aliphatic heterocycles. The van der Waals surface area contributed by atoms with Crippen LogP contribution in [0, 0.1) is 0 Å². The Hall–Kier alpha value is -2.36. The van der Waals surface area contributed by atoms with Gasteiger partial charge in [0.05, 0.1) is 19.3 Å². The molecule has 0 unspecified atom stereocenters. The van der Waals surface area contributed by atoms with Crippen LogP contribution in [-0.4, -0.2) is 4.57 Å². The molecule has 27 heavy (non-hydrogen) atoms. The molecule has 130 valence electrons. The van der Waals surface area contributed by atoms with Crippen molar-refractivity contribution >= 4 is 53.7 Å². The minimum absolute atomic E-state index is 0.0402. The Morgan fingerprint density at radius 1 is 0.741 bits per heavy atom. The van der Waals surface area contributed by atoms with Crippen molar-refractivity contribution in [3.63, 3.8) is 0 Å². The van der Waals surface area contributed by atoms with Crippen LogP contribution in [0.5, 0.6) is 0 Å². The Balaban J connectivity index is 1.95. The van der Waals surface area contributed by atoms with Gasteiger partial charge in [-0.15, -0.1) is 0 Å². The number of rotatable bonds is 2. The number of para-hydroxylation sites is 1. The van der Waals surface area contributed by atoms with Gasteiger partial charge in [-0.25, -0.2) is 0 Å². The highest BCUT2D eigenvalue weighted by atomic mass is 79.9. The van der Waals surface area contributed by atoms with E-state index in [1.165, 1.54) is 0 Å². The number of hydrogen-bond donors (Lipinski definition) is 0. The molecule has 0 atom stereocenters. The van der Waals surface area contributed by atoms with Crippen LogP contribution in [0.3, 0.4) is 0 Å². The van der Waals surface area contributed by atoms with Crippen molar-refractivity contribution < 1.29 is 8.22 Å². The molecule has 0 saturated carbocycles. The number of benzene rings is 4. The van der Waals surface area contributed by atoms with Gasteiger partial charge in [-0.05, 0) is 41.4 Å². The predicted octanol–water partition coefficient (Wildman–Crippen LogP) is 7.98. The normalized spacial score (nSPS) is 14.4. The molecule has 1 heterocycles. The second-order valence-corrected chi connectivity index (χ2v) is 7.66. The van der Waals surface area contributed by atoms with Gasteiger partial charge in [-0.1, -0.05) is 92.5 Å². The average molecular weight is 483 g/mol. The zero-order valence-corrected chi connectivity index (χ0v) is 17.1. The minimum atomic E-state index is -0.348. The topological polar surface area (TPSA) is 4.93 Å². The summed E-state index contributed by atoms with van der Waals surface area (Å²) in [4.78, 5) is 0. The van der Waals surface area contributed by atoms with E-state index in [0.717, 1.165) is 11.1 Å². The fourth-order valence-corrected chi connectivity index (χ4v) is 4.55. The van der Waals surface area contributed by atoms with E-state index >= 15 is 0 Å². The van der Waals surface area contributed by atoms with E-state index in [0.29, 0.717) is 21.1 Å². The molecule has 0 radical (unpaired) electrons. The van der Waals surface area contributed by atoms with Gasteiger partial charge in [0, 0.05) is 25.4 Å². The van der Waals surface area contributed by atoms with Crippen LogP contribution in [0.15, 0.2) is 99.8 Å². The van der Waals surface area contributed by atoms with Crippen molar-refractivity contribution in [2.45, 2.75) is 0 Å². The molecule has 0 aliphatic rings. The fourth-order valence-electron chi connectivity index (χ4n) is 3.31. The lowest BCUT2D eigenvalue weighted by Crippen LogP contribution is -1.93. The predicted molar refractivity (Wildman–Crippen MR) is 122 cm³/mol. The van der Waals surface area contributed by atoms with Crippen LogP contribution in [0.1, 0.15) is 8.22 Å². The van der Waals surface area contributed by atoms with Crippen molar-refractivity contribution in [1.82, 2.24) is 4.57 Å². The largest absolute Gasteiger partial charge is 0.309 e. The van der Waals surface area contributed by atoms with Crippen LogP contribution in [-0.2, 0) is 0 Å². The zero-order chi connectivity index (χ0) is 23.6. The molecular weight excluding hydrogens is 462 g/mol. The molecule has 1 nitrogen and oxygen atoms in total. The summed E-state index contributed by atoms with van der Waals surface area (Å²) in [6.07, 6.45) is 0. The molecule has 0 spiro atoms. The maximum atomic E-state index is 8.75. The van der Waals surface area contributed by atoms with Crippen LogP contribution < -0.4 is 0 Å². The van der Waals surface area contributed by atoms with Crippen molar-refractivity contribution in [3.05, 3.63) is 99.8 Å². The highest BCUT2D eigenvalue weighted by molar-refractivity contribution is 9.11. The summed E-state index contributed by atoms with van der Waals surface area (Å²) in [5.74, 6) is 0. The molecule has 0 aliphatic carbocycles. The highest BCUT2D eigenvalue weighted by Crippen LogP contribution is 2.38. The van der Waals surface area contributed by atoms with Crippen LogP contribution in [0.4, 0.5) is 0 Å². The molecule has 0 bridgehead atoms. The Bertz CT molecular complexity index is 1500. The highest BCUT2D eigenvalue weighted by Gasteiger charge is 2.15.